The zero-order chi connectivity index (χ0) is 17.3. The van der Waals surface area contributed by atoms with Crippen molar-refractivity contribution in [2.75, 3.05) is 25.1 Å². The van der Waals surface area contributed by atoms with Crippen LogP contribution in [0.1, 0.15) is 20.3 Å². The van der Waals surface area contributed by atoms with E-state index in [0.29, 0.717) is 29.1 Å². The van der Waals surface area contributed by atoms with E-state index in [2.05, 4.69) is 23.7 Å². The van der Waals surface area contributed by atoms with Crippen molar-refractivity contribution in [2.45, 2.75) is 20.3 Å². The molecule has 24 heavy (non-hydrogen) atoms. The zero-order valence-electron chi connectivity index (χ0n) is 14.3. The summed E-state index contributed by atoms with van der Waals surface area (Å²) in [5.74, 6) is 2.37. The molecule has 0 bridgehead atoms. The third-order valence-electron chi connectivity index (χ3n) is 4.46. The lowest BCUT2D eigenvalue weighted by molar-refractivity contribution is 0.355. The van der Waals surface area contributed by atoms with Gasteiger partial charge in [0.05, 0.1) is 12.8 Å². The smallest absolute Gasteiger partial charge is 0.334 e. The zero-order valence-corrected chi connectivity index (χ0v) is 14.3. The van der Waals surface area contributed by atoms with E-state index < -0.39 is 5.69 Å². The van der Waals surface area contributed by atoms with Gasteiger partial charge >= 0.3 is 5.69 Å². The normalized spacial score (nSPS) is 20.9. The van der Waals surface area contributed by atoms with Gasteiger partial charge in [0, 0.05) is 19.2 Å². The largest absolute Gasteiger partial charge is 0.497 e. The SMILES string of the molecule is COc1ccc(-n2c(=O)cc(N3C[C@H](C)C[C@@H](C)C3)[nH]c2=O)cc1. The molecule has 1 aliphatic rings. The minimum atomic E-state index is -0.423. The minimum Gasteiger partial charge on any atom is -0.497 e. The van der Waals surface area contributed by atoms with Crippen LogP contribution in [0.3, 0.4) is 0 Å². The van der Waals surface area contributed by atoms with E-state index in [1.165, 1.54) is 12.5 Å². The Hall–Kier alpha value is -2.50. The molecule has 6 heteroatoms. The fourth-order valence-corrected chi connectivity index (χ4v) is 3.49. The van der Waals surface area contributed by atoms with E-state index >= 15 is 0 Å². The average Bonchev–Trinajstić information content (AvgIpc) is 2.54. The van der Waals surface area contributed by atoms with Gasteiger partial charge < -0.3 is 9.64 Å². The van der Waals surface area contributed by atoms with Crippen molar-refractivity contribution in [1.29, 1.82) is 0 Å². The second-order valence-corrected chi connectivity index (χ2v) is 6.68. The topological polar surface area (TPSA) is 67.3 Å². The molecule has 1 aromatic carbocycles. The molecule has 3 rings (SSSR count). The van der Waals surface area contributed by atoms with Gasteiger partial charge in [0.2, 0.25) is 0 Å². The summed E-state index contributed by atoms with van der Waals surface area (Å²) >= 11 is 0. The molecule has 1 aliphatic heterocycles. The summed E-state index contributed by atoms with van der Waals surface area (Å²) in [6, 6.07) is 8.35. The predicted molar refractivity (Wildman–Crippen MR) is 94.4 cm³/mol. The van der Waals surface area contributed by atoms with Crippen LogP contribution in [0.5, 0.6) is 5.75 Å². The predicted octanol–water partition coefficient (Wildman–Crippen LogP) is 2.02. The number of methoxy groups -OCH3 is 1. The van der Waals surface area contributed by atoms with Crippen molar-refractivity contribution in [3.63, 3.8) is 0 Å². The van der Waals surface area contributed by atoms with Gasteiger partial charge in [-0.1, -0.05) is 13.8 Å². The summed E-state index contributed by atoms with van der Waals surface area (Å²) in [6.07, 6.45) is 1.17. The maximum atomic E-state index is 12.5. The van der Waals surface area contributed by atoms with E-state index in [1.54, 1.807) is 31.4 Å². The molecule has 2 heterocycles. The molecule has 0 spiro atoms. The fourth-order valence-electron chi connectivity index (χ4n) is 3.49. The Balaban J connectivity index is 1.97. The van der Waals surface area contributed by atoms with Gasteiger partial charge in [0.25, 0.3) is 5.56 Å². The van der Waals surface area contributed by atoms with Crippen molar-refractivity contribution >= 4 is 5.82 Å². The number of ether oxygens (including phenoxy) is 1. The Morgan fingerprint density at radius 1 is 1.08 bits per heavy atom. The average molecular weight is 329 g/mol. The van der Waals surface area contributed by atoms with E-state index in [1.807, 2.05) is 0 Å². The number of H-pyrrole nitrogens is 1. The lowest BCUT2D eigenvalue weighted by Crippen LogP contribution is -2.42. The first kappa shape index (κ1) is 16.4. The number of rotatable bonds is 3. The van der Waals surface area contributed by atoms with Crippen molar-refractivity contribution in [1.82, 2.24) is 9.55 Å². The van der Waals surface area contributed by atoms with Crippen LogP contribution in [-0.2, 0) is 0 Å². The van der Waals surface area contributed by atoms with Crippen LogP contribution in [0.2, 0.25) is 0 Å². The van der Waals surface area contributed by atoms with Gasteiger partial charge in [-0.15, -0.1) is 0 Å². The Morgan fingerprint density at radius 3 is 2.25 bits per heavy atom. The fraction of sp³-hybridized carbons (Fsp3) is 0.444. The molecule has 2 atom stereocenters. The maximum absolute atomic E-state index is 12.5. The molecule has 2 aromatic rings. The van der Waals surface area contributed by atoms with Crippen LogP contribution in [0, 0.1) is 11.8 Å². The van der Waals surface area contributed by atoms with Gasteiger partial charge in [-0.3, -0.25) is 9.78 Å². The summed E-state index contributed by atoms with van der Waals surface area (Å²) in [4.78, 5) is 29.9. The van der Waals surface area contributed by atoms with Gasteiger partial charge in [-0.25, -0.2) is 9.36 Å². The number of nitrogens with one attached hydrogen (secondary N) is 1. The van der Waals surface area contributed by atoms with Crippen LogP contribution >= 0.6 is 0 Å². The molecule has 128 valence electrons. The summed E-state index contributed by atoms with van der Waals surface area (Å²) in [5.41, 5.74) is -0.229. The molecular weight excluding hydrogens is 306 g/mol. The summed E-state index contributed by atoms with van der Waals surface area (Å²) in [6.45, 7) is 6.09. The number of piperidine rings is 1. The second-order valence-electron chi connectivity index (χ2n) is 6.68. The van der Waals surface area contributed by atoms with Crippen molar-refractivity contribution in [3.8, 4) is 11.4 Å². The van der Waals surface area contributed by atoms with E-state index in [0.717, 1.165) is 17.7 Å². The number of benzene rings is 1. The molecule has 0 unspecified atom stereocenters. The third kappa shape index (κ3) is 3.22. The number of aromatic nitrogens is 2. The molecule has 0 amide bonds. The number of nitrogens with zero attached hydrogens (tertiary/aromatic N) is 2. The summed E-state index contributed by atoms with van der Waals surface area (Å²) in [5, 5.41) is 0. The molecular formula is C18H23N3O3. The summed E-state index contributed by atoms with van der Waals surface area (Å²) in [7, 11) is 1.57. The summed E-state index contributed by atoms with van der Waals surface area (Å²) < 4.78 is 6.24. The highest BCUT2D eigenvalue weighted by Crippen LogP contribution is 2.23. The molecule has 1 N–H and O–H groups in total. The molecule has 1 fully saturated rings. The molecule has 6 nitrogen and oxygen atoms in total. The van der Waals surface area contributed by atoms with Crippen LogP contribution in [0.15, 0.2) is 39.9 Å². The monoisotopic (exact) mass is 329 g/mol. The van der Waals surface area contributed by atoms with E-state index in [9.17, 15) is 9.59 Å². The van der Waals surface area contributed by atoms with E-state index in [4.69, 9.17) is 4.74 Å². The number of hydrogen-bond donors (Lipinski definition) is 1. The standard InChI is InChI=1S/C18H23N3O3/c1-12-8-13(2)11-20(10-12)16-9-17(22)21(18(23)19-16)14-4-6-15(24-3)7-5-14/h4-7,9,12-13H,8,10-11H2,1-3H3,(H,19,23)/t12-,13-/m1/s1. The lowest BCUT2D eigenvalue weighted by atomic mass is 9.92. The third-order valence-corrected chi connectivity index (χ3v) is 4.46. The molecule has 1 saturated heterocycles. The highest BCUT2D eigenvalue weighted by molar-refractivity contribution is 5.41. The number of anilines is 1. The minimum absolute atomic E-state index is 0.329. The Kier molecular flexibility index (Phi) is 4.46. The molecule has 1 aromatic heterocycles. The van der Waals surface area contributed by atoms with Gasteiger partial charge in [-0.05, 0) is 42.5 Å². The van der Waals surface area contributed by atoms with Gasteiger partial charge in [0.15, 0.2) is 0 Å². The van der Waals surface area contributed by atoms with Crippen molar-refractivity contribution < 1.29 is 4.74 Å². The van der Waals surface area contributed by atoms with Crippen molar-refractivity contribution in [3.05, 3.63) is 51.2 Å². The first-order valence-corrected chi connectivity index (χ1v) is 8.23. The van der Waals surface area contributed by atoms with Crippen LogP contribution < -0.4 is 20.9 Å². The first-order valence-electron chi connectivity index (χ1n) is 8.23. The van der Waals surface area contributed by atoms with Gasteiger partial charge in [0.1, 0.15) is 11.6 Å². The quantitative estimate of drug-likeness (QED) is 0.935. The van der Waals surface area contributed by atoms with E-state index in [-0.39, 0.29) is 5.56 Å². The van der Waals surface area contributed by atoms with Crippen LogP contribution in [0.4, 0.5) is 5.82 Å². The Bertz CT molecular complexity index is 781. The van der Waals surface area contributed by atoms with Crippen LogP contribution in [-0.4, -0.2) is 29.8 Å². The number of hydrogen-bond acceptors (Lipinski definition) is 4. The Morgan fingerprint density at radius 2 is 1.71 bits per heavy atom. The highest BCUT2D eigenvalue weighted by Gasteiger charge is 2.23. The first-order chi connectivity index (χ1) is 11.5. The molecule has 0 radical (unpaired) electrons. The Labute approximate surface area is 140 Å². The molecule has 0 aliphatic carbocycles. The second kappa shape index (κ2) is 6.55. The molecule has 0 saturated carbocycles. The highest BCUT2D eigenvalue weighted by atomic mass is 16.5. The number of aromatic amines is 1. The maximum Gasteiger partial charge on any atom is 0.334 e. The van der Waals surface area contributed by atoms with Crippen LogP contribution in [0.25, 0.3) is 5.69 Å². The lowest BCUT2D eigenvalue weighted by Gasteiger charge is -2.36. The van der Waals surface area contributed by atoms with Crippen molar-refractivity contribution in [2.24, 2.45) is 11.8 Å². The van der Waals surface area contributed by atoms with Gasteiger partial charge in [-0.2, -0.15) is 0 Å².